The number of fused-ring (bicyclic) bond motifs is 2. The van der Waals surface area contributed by atoms with E-state index in [0.29, 0.717) is 48.9 Å². The van der Waals surface area contributed by atoms with E-state index in [4.69, 9.17) is 14.2 Å². The van der Waals surface area contributed by atoms with Gasteiger partial charge < -0.3 is 48.6 Å². The number of piperidine rings is 1. The molecule has 2 amide bonds. The first-order valence-corrected chi connectivity index (χ1v) is 17.3. The fourth-order valence-electron chi connectivity index (χ4n) is 7.24. The molecule has 3 aliphatic rings. The Balaban J connectivity index is 1.09. The number of aromatic nitrogens is 1. The van der Waals surface area contributed by atoms with Crippen molar-refractivity contribution in [2.45, 2.75) is 63.8 Å². The molecule has 0 spiro atoms. The second kappa shape index (κ2) is 15.4. The molecule has 2 saturated heterocycles. The molecule has 1 aromatic heterocycles. The van der Waals surface area contributed by atoms with Crippen LogP contribution in [0.1, 0.15) is 61.0 Å². The lowest BCUT2D eigenvalue weighted by molar-refractivity contribution is -0.167. The number of aromatic carboxylic acids is 1. The van der Waals surface area contributed by atoms with Gasteiger partial charge in [-0.1, -0.05) is 12.1 Å². The smallest absolute Gasteiger partial charge is 0.413 e. The molecular formula is C37H39FN4O11. The van der Waals surface area contributed by atoms with E-state index < -0.39 is 59.4 Å². The number of benzene rings is 2. The summed E-state index contributed by atoms with van der Waals surface area (Å²) < 4.78 is 34.0. The number of likely N-dealkylation sites (tertiary alicyclic amines) is 1. The fourth-order valence-corrected chi connectivity index (χ4v) is 7.24. The maximum Gasteiger partial charge on any atom is 0.413 e. The molecule has 1 saturated carbocycles. The average molecular weight is 735 g/mol. The highest BCUT2D eigenvalue weighted by atomic mass is 19.1. The van der Waals surface area contributed by atoms with Crippen LogP contribution in [-0.4, -0.2) is 90.2 Å². The van der Waals surface area contributed by atoms with Gasteiger partial charge in [0.1, 0.15) is 30.2 Å². The minimum atomic E-state index is -1.40. The Labute approximate surface area is 302 Å². The van der Waals surface area contributed by atoms with Crippen LogP contribution >= 0.6 is 0 Å². The topological polar surface area (TPSA) is 191 Å². The Morgan fingerprint density at radius 3 is 2.42 bits per heavy atom. The minimum Gasteiger partial charge on any atom is -0.492 e. The maximum atomic E-state index is 16.0. The van der Waals surface area contributed by atoms with Crippen LogP contribution in [-0.2, 0) is 35.1 Å². The number of aldehydes is 2. The van der Waals surface area contributed by atoms with E-state index in [1.807, 2.05) is 0 Å². The summed E-state index contributed by atoms with van der Waals surface area (Å²) in [5.74, 6) is -4.47. The van der Waals surface area contributed by atoms with Crippen molar-refractivity contribution in [3.8, 4) is 5.75 Å². The highest BCUT2D eigenvalue weighted by Crippen LogP contribution is 2.45. The van der Waals surface area contributed by atoms with Crippen molar-refractivity contribution in [1.29, 1.82) is 0 Å². The van der Waals surface area contributed by atoms with Gasteiger partial charge in [0.25, 0.3) is 0 Å². The summed E-state index contributed by atoms with van der Waals surface area (Å²) in [4.78, 5) is 88.4. The standard InChI is InChI=1S/C37H39FN4O11/c1-20(52-31(46)14-30(45)39-24-7-5-21(6-8-24)12-22(18-43)19-44)53-37(50)41-11-3-4-23-15-40(17-29(23)41)33-28(38)13-26-32(35(33)51-2)42(25-9-10-25)16-27(34(26)47)36(48)49/h5-8,13,16,18-20,22-23,25,29H,3-4,9-12,14-15,17H2,1-2H3,(H,39,45)(H,48,49)/t20?,23-,29+/m0/s1. The molecule has 16 heteroatoms. The summed E-state index contributed by atoms with van der Waals surface area (Å²) >= 11 is 0. The number of carbonyl (C=O) groups is 6. The zero-order chi connectivity index (χ0) is 38.0. The number of halogens is 1. The first kappa shape index (κ1) is 37.0. The van der Waals surface area contributed by atoms with Crippen LogP contribution in [0, 0.1) is 17.7 Å². The number of methoxy groups -OCH3 is 1. The van der Waals surface area contributed by atoms with Crippen molar-refractivity contribution < 1.29 is 52.5 Å². The summed E-state index contributed by atoms with van der Waals surface area (Å²) in [6.07, 6.45) is 2.84. The van der Waals surface area contributed by atoms with Crippen LogP contribution in [0.4, 0.5) is 20.6 Å². The van der Waals surface area contributed by atoms with Crippen LogP contribution in [0.5, 0.6) is 5.75 Å². The van der Waals surface area contributed by atoms with Crippen molar-refractivity contribution >= 4 is 58.8 Å². The molecule has 2 aliphatic heterocycles. The number of carboxylic acids is 1. The molecule has 2 N–H and O–H groups in total. The molecule has 2 aromatic carbocycles. The van der Waals surface area contributed by atoms with Crippen LogP contribution < -0.4 is 20.4 Å². The van der Waals surface area contributed by atoms with Crippen LogP contribution in [0.25, 0.3) is 10.9 Å². The number of nitrogens with one attached hydrogen (secondary N) is 1. The molecule has 6 rings (SSSR count). The molecule has 0 radical (unpaired) electrons. The Hall–Kier alpha value is -5.80. The number of amides is 2. The molecule has 3 atom stereocenters. The molecule has 3 fully saturated rings. The number of ether oxygens (including phenoxy) is 3. The normalized spacial score (nSPS) is 18.6. The zero-order valence-corrected chi connectivity index (χ0v) is 29.1. The van der Waals surface area contributed by atoms with E-state index in [1.54, 1.807) is 33.7 Å². The number of hydrogen-bond donors (Lipinski definition) is 2. The van der Waals surface area contributed by atoms with E-state index >= 15 is 4.39 Å². The summed E-state index contributed by atoms with van der Waals surface area (Å²) in [5.41, 5.74) is 0.270. The van der Waals surface area contributed by atoms with Crippen molar-refractivity contribution in [2.75, 3.05) is 37.0 Å². The summed E-state index contributed by atoms with van der Waals surface area (Å²) in [6.45, 7) is 2.28. The van der Waals surface area contributed by atoms with Gasteiger partial charge in [0, 0.05) is 44.5 Å². The second-order valence-corrected chi connectivity index (χ2v) is 13.5. The number of hydrogen-bond acceptors (Lipinski definition) is 11. The molecule has 3 heterocycles. The maximum absolute atomic E-state index is 16.0. The van der Waals surface area contributed by atoms with Crippen LogP contribution in [0.3, 0.4) is 0 Å². The Morgan fingerprint density at radius 2 is 1.77 bits per heavy atom. The Morgan fingerprint density at radius 1 is 1.06 bits per heavy atom. The third-order valence-corrected chi connectivity index (χ3v) is 9.83. The summed E-state index contributed by atoms with van der Waals surface area (Å²) in [6, 6.07) is 7.04. The van der Waals surface area contributed by atoms with Crippen molar-refractivity contribution in [3.63, 3.8) is 0 Å². The number of carbonyl (C=O) groups excluding carboxylic acids is 5. The molecule has 1 aliphatic carbocycles. The predicted octanol–water partition coefficient (Wildman–Crippen LogP) is 3.69. The van der Waals surface area contributed by atoms with E-state index in [-0.39, 0.29) is 47.8 Å². The Kier molecular flexibility index (Phi) is 10.8. The molecule has 15 nitrogen and oxygen atoms in total. The van der Waals surface area contributed by atoms with Gasteiger partial charge in [-0.25, -0.2) is 14.0 Å². The highest BCUT2D eigenvalue weighted by molar-refractivity contribution is 6.02. The van der Waals surface area contributed by atoms with Crippen molar-refractivity contribution in [1.82, 2.24) is 9.47 Å². The third kappa shape index (κ3) is 7.85. The molecule has 3 aromatic rings. The van der Waals surface area contributed by atoms with E-state index in [0.717, 1.165) is 25.3 Å². The van der Waals surface area contributed by atoms with Gasteiger partial charge in [-0.05, 0) is 61.8 Å². The largest absolute Gasteiger partial charge is 0.492 e. The van der Waals surface area contributed by atoms with E-state index in [9.17, 15) is 38.7 Å². The fraction of sp³-hybridized carbons (Fsp3) is 0.432. The van der Waals surface area contributed by atoms with Crippen LogP contribution in [0.15, 0.2) is 41.3 Å². The lowest BCUT2D eigenvalue weighted by atomic mass is 9.92. The van der Waals surface area contributed by atoms with Gasteiger partial charge in [0.15, 0.2) is 11.6 Å². The number of rotatable bonds is 13. The molecule has 280 valence electrons. The minimum absolute atomic E-state index is 0.0578. The number of carboxylic acid groups (broad SMARTS) is 1. The van der Waals surface area contributed by atoms with Crippen LogP contribution in [0.2, 0.25) is 0 Å². The second-order valence-electron chi connectivity index (χ2n) is 13.5. The number of pyridine rings is 1. The first-order chi connectivity index (χ1) is 25.4. The summed E-state index contributed by atoms with van der Waals surface area (Å²) in [5, 5.41) is 12.1. The highest BCUT2D eigenvalue weighted by Gasteiger charge is 2.44. The lowest BCUT2D eigenvalue weighted by Crippen LogP contribution is -2.49. The predicted molar refractivity (Wildman–Crippen MR) is 186 cm³/mol. The lowest BCUT2D eigenvalue weighted by Gasteiger charge is -2.36. The Bertz CT molecular complexity index is 2000. The van der Waals surface area contributed by atoms with Gasteiger partial charge >= 0.3 is 18.0 Å². The number of nitrogens with zero attached hydrogens (tertiary/aromatic N) is 3. The monoisotopic (exact) mass is 734 g/mol. The third-order valence-electron chi connectivity index (χ3n) is 9.83. The van der Waals surface area contributed by atoms with E-state index in [1.165, 1.54) is 25.1 Å². The number of esters is 1. The number of anilines is 2. The SMILES string of the molecule is COc1c(N2C[C@@H]3CCCN(C(=O)OC(C)OC(=O)CC(=O)Nc4ccc(CC(C=O)C=O)cc4)[C@@H]3C2)c(F)cc2c(=O)c(C(=O)O)cn(C3CC3)c12. The molecule has 0 bridgehead atoms. The quantitative estimate of drug-likeness (QED) is 0.112. The first-order valence-electron chi connectivity index (χ1n) is 17.3. The molecular weight excluding hydrogens is 695 g/mol. The van der Waals surface area contributed by atoms with Gasteiger partial charge in [0.05, 0.1) is 30.0 Å². The zero-order valence-electron chi connectivity index (χ0n) is 29.1. The summed E-state index contributed by atoms with van der Waals surface area (Å²) in [7, 11) is 1.37. The molecule has 1 unspecified atom stereocenters. The van der Waals surface area contributed by atoms with Gasteiger partial charge in [-0.15, -0.1) is 0 Å². The van der Waals surface area contributed by atoms with Crippen molar-refractivity contribution in [3.05, 3.63) is 63.7 Å². The van der Waals surface area contributed by atoms with E-state index in [2.05, 4.69) is 5.32 Å². The van der Waals surface area contributed by atoms with Gasteiger partial charge in [-0.2, -0.15) is 0 Å². The average Bonchev–Trinajstić information content (AvgIpc) is 3.88. The van der Waals surface area contributed by atoms with Gasteiger partial charge in [0.2, 0.25) is 17.6 Å². The van der Waals surface area contributed by atoms with Gasteiger partial charge in [-0.3, -0.25) is 14.4 Å². The van der Waals surface area contributed by atoms with Crippen molar-refractivity contribution in [2.24, 2.45) is 11.8 Å². The molecule has 53 heavy (non-hydrogen) atoms.